The molecule has 0 spiro atoms. The molecule has 0 aliphatic heterocycles. The molecule has 0 saturated carbocycles. The quantitative estimate of drug-likeness (QED) is 0.571. The van der Waals surface area contributed by atoms with Crippen LogP contribution >= 0.6 is 0 Å². The van der Waals surface area contributed by atoms with Gasteiger partial charge in [0.25, 0.3) is 0 Å². The molecule has 88 valence electrons. The summed E-state index contributed by atoms with van der Waals surface area (Å²) in [6.07, 6.45) is -0.544. The van der Waals surface area contributed by atoms with Crippen molar-refractivity contribution in [1.29, 1.82) is 0 Å². The molecule has 0 radical (unpaired) electrons. The Kier molecular flexibility index (Phi) is 5.04. The van der Waals surface area contributed by atoms with Gasteiger partial charge in [0.2, 0.25) is 6.54 Å². The number of nitro groups is 1. The largest absolute Gasteiger partial charge is 0.444 e. The minimum atomic E-state index is -0.545. The van der Waals surface area contributed by atoms with Crippen LogP contribution in [0.25, 0.3) is 0 Å². The van der Waals surface area contributed by atoms with Crippen LogP contribution in [0.2, 0.25) is 0 Å². The normalized spacial score (nSPS) is 13.1. The van der Waals surface area contributed by atoms with Crippen LogP contribution < -0.4 is 5.32 Å². The molecule has 1 unspecified atom stereocenters. The molecule has 0 fully saturated rings. The number of nitrogens with one attached hydrogen (secondary N) is 1. The average molecular weight is 218 g/mol. The van der Waals surface area contributed by atoms with Gasteiger partial charge in [-0.2, -0.15) is 0 Å². The zero-order valence-electron chi connectivity index (χ0n) is 9.57. The minimum Gasteiger partial charge on any atom is -0.444 e. The van der Waals surface area contributed by atoms with E-state index in [1.807, 2.05) is 0 Å². The van der Waals surface area contributed by atoms with Crippen LogP contribution in [0.3, 0.4) is 0 Å². The summed E-state index contributed by atoms with van der Waals surface area (Å²) < 4.78 is 4.97. The maximum absolute atomic E-state index is 11.1. The van der Waals surface area contributed by atoms with Gasteiger partial charge in [-0.25, -0.2) is 4.79 Å². The predicted molar refractivity (Wildman–Crippen MR) is 55.3 cm³/mol. The number of carbonyl (C=O) groups is 1. The highest BCUT2D eigenvalue weighted by Crippen LogP contribution is 2.06. The molecule has 6 heteroatoms. The molecule has 0 aromatic carbocycles. The van der Waals surface area contributed by atoms with Crippen LogP contribution in [0.5, 0.6) is 0 Å². The smallest absolute Gasteiger partial charge is 0.407 e. The molecule has 1 atom stereocenters. The average Bonchev–Trinajstić information content (AvgIpc) is 1.96. The van der Waals surface area contributed by atoms with E-state index in [-0.39, 0.29) is 19.0 Å². The Morgan fingerprint density at radius 2 is 2.07 bits per heavy atom. The topological polar surface area (TPSA) is 81.5 Å². The second-order valence-corrected chi connectivity index (χ2v) is 4.50. The van der Waals surface area contributed by atoms with Gasteiger partial charge in [-0.1, -0.05) is 6.92 Å². The highest BCUT2D eigenvalue weighted by Gasteiger charge is 2.17. The summed E-state index contributed by atoms with van der Waals surface area (Å²) in [7, 11) is 0. The van der Waals surface area contributed by atoms with Gasteiger partial charge < -0.3 is 10.1 Å². The summed E-state index contributed by atoms with van der Waals surface area (Å²) in [6, 6.07) is 0. The Balaban J connectivity index is 3.76. The Morgan fingerprint density at radius 1 is 1.53 bits per heavy atom. The van der Waals surface area contributed by atoms with Crippen molar-refractivity contribution in [2.75, 3.05) is 13.1 Å². The first-order chi connectivity index (χ1) is 6.70. The Hall–Kier alpha value is -1.33. The van der Waals surface area contributed by atoms with Crippen molar-refractivity contribution in [3.05, 3.63) is 10.1 Å². The first-order valence-electron chi connectivity index (χ1n) is 4.79. The predicted octanol–water partition coefficient (Wildman–Crippen LogP) is 1.42. The monoisotopic (exact) mass is 218 g/mol. The number of alkyl carbamates (subject to hydrolysis) is 1. The number of rotatable bonds is 4. The highest BCUT2D eigenvalue weighted by atomic mass is 16.6. The lowest BCUT2D eigenvalue weighted by Crippen LogP contribution is -2.36. The Bertz CT molecular complexity index is 235. The third kappa shape index (κ3) is 8.99. The van der Waals surface area contributed by atoms with Gasteiger partial charge in [0.15, 0.2) is 0 Å². The minimum absolute atomic E-state index is 0.157. The zero-order chi connectivity index (χ0) is 12.1. The van der Waals surface area contributed by atoms with E-state index in [0.717, 1.165) is 0 Å². The van der Waals surface area contributed by atoms with Crippen molar-refractivity contribution >= 4 is 6.09 Å². The summed E-state index contributed by atoms with van der Waals surface area (Å²) >= 11 is 0. The SMILES string of the molecule is CC(CNC(=O)OC(C)(C)C)C[N+](=O)[O-]. The van der Waals surface area contributed by atoms with Crippen LogP contribution in [0.15, 0.2) is 0 Å². The molecule has 0 aromatic heterocycles. The van der Waals surface area contributed by atoms with E-state index in [1.54, 1.807) is 27.7 Å². The van der Waals surface area contributed by atoms with Gasteiger partial charge in [-0.05, 0) is 20.8 Å². The number of hydrogen-bond donors (Lipinski definition) is 1. The molecular weight excluding hydrogens is 200 g/mol. The van der Waals surface area contributed by atoms with Gasteiger partial charge in [0.1, 0.15) is 5.60 Å². The number of ether oxygens (including phenoxy) is 1. The van der Waals surface area contributed by atoms with Crippen LogP contribution in [-0.2, 0) is 4.74 Å². The van der Waals surface area contributed by atoms with Crippen molar-refractivity contribution < 1.29 is 14.5 Å². The molecule has 0 aliphatic rings. The van der Waals surface area contributed by atoms with Crippen molar-refractivity contribution in [3.63, 3.8) is 0 Å². The van der Waals surface area contributed by atoms with E-state index < -0.39 is 16.6 Å². The summed E-state index contributed by atoms with van der Waals surface area (Å²) in [5, 5.41) is 12.6. The Morgan fingerprint density at radius 3 is 2.47 bits per heavy atom. The van der Waals surface area contributed by atoms with Crippen molar-refractivity contribution in [2.24, 2.45) is 5.92 Å². The number of nitrogens with zero attached hydrogens (tertiary/aromatic N) is 1. The summed E-state index contributed by atoms with van der Waals surface area (Å²) in [5.41, 5.74) is -0.545. The molecule has 0 heterocycles. The summed E-state index contributed by atoms with van der Waals surface area (Å²) in [4.78, 5) is 20.9. The number of carbonyl (C=O) groups excluding carboxylic acids is 1. The zero-order valence-corrected chi connectivity index (χ0v) is 9.57. The molecule has 6 nitrogen and oxygen atoms in total. The second-order valence-electron chi connectivity index (χ2n) is 4.50. The van der Waals surface area contributed by atoms with Crippen molar-refractivity contribution in [1.82, 2.24) is 5.32 Å². The van der Waals surface area contributed by atoms with E-state index in [2.05, 4.69) is 5.32 Å². The first kappa shape index (κ1) is 13.7. The number of amides is 1. The van der Waals surface area contributed by atoms with Gasteiger partial charge in [0.05, 0.1) is 0 Å². The fourth-order valence-electron chi connectivity index (χ4n) is 0.891. The fraction of sp³-hybridized carbons (Fsp3) is 0.889. The fourth-order valence-corrected chi connectivity index (χ4v) is 0.891. The van der Waals surface area contributed by atoms with Gasteiger partial charge in [0, 0.05) is 17.4 Å². The van der Waals surface area contributed by atoms with E-state index in [9.17, 15) is 14.9 Å². The van der Waals surface area contributed by atoms with Gasteiger partial charge in [-0.15, -0.1) is 0 Å². The third-order valence-corrected chi connectivity index (χ3v) is 1.45. The standard InChI is InChI=1S/C9H18N2O4/c1-7(6-11(13)14)5-10-8(12)15-9(2,3)4/h7H,5-6H2,1-4H3,(H,10,12). The lowest BCUT2D eigenvalue weighted by atomic mass is 10.2. The molecule has 0 saturated heterocycles. The second kappa shape index (κ2) is 5.53. The van der Waals surface area contributed by atoms with Crippen LogP contribution in [-0.4, -0.2) is 29.7 Å². The maximum atomic E-state index is 11.1. The third-order valence-electron chi connectivity index (χ3n) is 1.45. The lowest BCUT2D eigenvalue weighted by molar-refractivity contribution is -0.487. The molecule has 1 N–H and O–H groups in total. The van der Waals surface area contributed by atoms with E-state index in [0.29, 0.717) is 0 Å². The number of hydrogen-bond acceptors (Lipinski definition) is 4. The van der Waals surface area contributed by atoms with E-state index in [1.165, 1.54) is 0 Å². The van der Waals surface area contributed by atoms with Crippen molar-refractivity contribution in [2.45, 2.75) is 33.3 Å². The van der Waals surface area contributed by atoms with Gasteiger partial charge in [-0.3, -0.25) is 10.1 Å². The molecule has 0 bridgehead atoms. The van der Waals surface area contributed by atoms with E-state index in [4.69, 9.17) is 4.74 Å². The lowest BCUT2D eigenvalue weighted by Gasteiger charge is -2.20. The molecule has 0 aliphatic carbocycles. The molecule has 0 rings (SSSR count). The molecular formula is C9H18N2O4. The highest BCUT2D eigenvalue weighted by molar-refractivity contribution is 5.67. The summed E-state index contributed by atoms with van der Waals surface area (Å²) in [6.45, 7) is 7.05. The first-order valence-corrected chi connectivity index (χ1v) is 4.79. The molecule has 0 aromatic rings. The maximum Gasteiger partial charge on any atom is 0.407 e. The van der Waals surface area contributed by atoms with Gasteiger partial charge >= 0.3 is 6.09 Å². The van der Waals surface area contributed by atoms with Crippen LogP contribution in [0.4, 0.5) is 4.79 Å². The van der Waals surface area contributed by atoms with E-state index >= 15 is 0 Å². The molecule has 1 amide bonds. The van der Waals surface area contributed by atoms with Crippen LogP contribution in [0, 0.1) is 16.0 Å². The summed E-state index contributed by atoms with van der Waals surface area (Å²) in [5.74, 6) is -0.201. The molecule has 15 heavy (non-hydrogen) atoms. The van der Waals surface area contributed by atoms with Crippen LogP contribution in [0.1, 0.15) is 27.7 Å². The Labute approximate surface area is 89.1 Å². The van der Waals surface area contributed by atoms with Crippen molar-refractivity contribution in [3.8, 4) is 0 Å².